The van der Waals surface area contributed by atoms with Crippen molar-refractivity contribution in [1.29, 1.82) is 0 Å². The Labute approximate surface area is 153 Å². The van der Waals surface area contributed by atoms with Crippen molar-refractivity contribution in [2.45, 2.75) is 12.8 Å². The second kappa shape index (κ2) is 11.8. The lowest BCUT2D eigenvalue weighted by Gasteiger charge is -2.27. The summed E-state index contributed by atoms with van der Waals surface area (Å²) in [7, 11) is 0. The molecule has 0 atom stereocenters. The van der Waals surface area contributed by atoms with Gasteiger partial charge in [-0.1, -0.05) is 0 Å². The molecular formula is C17H26ClFN4O2. The molecule has 3 N–H and O–H groups in total. The molecule has 1 saturated heterocycles. The molecule has 0 radical (unpaired) electrons. The van der Waals surface area contributed by atoms with Crippen LogP contribution in [0, 0.1) is 5.82 Å². The van der Waals surface area contributed by atoms with Crippen LogP contribution in [0.4, 0.5) is 4.39 Å². The van der Waals surface area contributed by atoms with Crippen molar-refractivity contribution in [1.82, 2.24) is 20.9 Å². The fourth-order valence-corrected chi connectivity index (χ4v) is 2.53. The van der Waals surface area contributed by atoms with Crippen LogP contribution < -0.4 is 16.0 Å². The van der Waals surface area contributed by atoms with Crippen LogP contribution in [0.25, 0.3) is 0 Å². The van der Waals surface area contributed by atoms with E-state index in [0.29, 0.717) is 31.5 Å². The number of benzene rings is 1. The maximum Gasteiger partial charge on any atom is 0.251 e. The Hall–Kier alpha value is -1.70. The highest BCUT2D eigenvalue weighted by Crippen LogP contribution is 2.02. The first-order valence-electron chi connectivity index (χ1n) is 8.39. The van der Waals surface area contributed by atoms with Crippen molar-refractivity contribution < 1.29 is 14.0 Å². The van der Waals surface area contributed by atoms with Crippen molar-refractivity contribution in [3.8, 4) is 0 Å². The van der Waals surface area contributed by atoms with E-state index < -0.39 is 0 Å². The number of nitrogens with one attached hydrogen (secondary N) is 3. The summed E-state index contributed by atoms with van der Waals surface area (Å²) in [5.74, 6) is -0.626. The third kappa shape index (κ3) is 8.29. The molecule has 6 nitrogen and oxygen atoms in total. The van der Waals surface area contributed by atoms with E-state index in [2.05, 4.69) is 20.9 Å². The molecular weight excluding hydrogens is 347 g/mol. The van der Waals surface area contributed by atoms with Gasteiger partial charge in [-0.2, -0.15) is 0 Å². The summed E-state index contributed by atoms with van der Waals surface area (Å²) in [5, 5.41) is 8.92. The van der Waals surface area contributed by atoms with Gasteiger partial charge < -0.3 is 16.0 Å². The smallest absolute Gasteiger partial charge is 0.251 e. The fraction of sp³-hybridized carbons (Fsp3) is 0.529. The Bertz CT molecular complexity index is 536. The average molecular weight is 373 g/mol. The van der Waals surface area contributed by atoms with Gasteiger partial charge in [0.25, 0.3) is 5.91 Å². The number of hydrogen-bond acceptors (Lipinski definition) is 4. The molecule has 0 bridgehead atoms. The molecule has 25 heavy (non-hydrogen) atoms. The third-order valence-electron chi connectivity index (χ3n) is 3.93. The first-order valence-corrected chi connectivity index (χ1v) is 8.39. The molecule has 1 fully saturated rings. The highest BCUT2D eigenvalue weighted by atomic mass is 35.5. The fourth-order valence-electron chi connectivity index (χ4n) is 2.53. The van der Waals surface area contributed by atoms with Crippen molar-refractivity contribution in [2.24, 2.45) is 0 Å². The van der Waals surface area contributed by atoms with Gasteiger partial charge in [0.2, 0.25) is 5.91 Å². The Balaban J connectivity index is 0.00000312. The molecule has 2 rings (SSSR count). The number of piperazine rings is 1. The number of carbonyl (C=O) groups excluding carboxylic acids is 2. The second-order valence-electron chi connectivity index (χ2n) is 5.81. The Morgan fingerprint density at radius 1 is 1.08 bits per heavy atom. The molecule has 0 aromatic heterocycles. The van der Waals surface area contributed by atoms with E-state index in [-0.39, 0.29) is 30.0 Å². The second-order valence-corrected chi connectivity index (χ2v) is 5.81. The Kier molecular flexibility index (Phi) is 10.1. The molecule has 8 heteroatoms. The topological polar surface area (TPSA) is 73.5 Å². The quantitative estimate of drug-likeness (QED) is 0.590. The summed E-state index contributed by atoms with van der Waals surface area (Å²) in [6.07, 6.45) is 0.956. The normalized spacial score (nSPS) is 14.4. The lowest BCUT2D eigenvalue weighted by Crippen LogP contribution is -2.46. The van der Waals surface area contributed by atoms with Gasteiger partial charge in [-0.25, -0.2) is 4.39 Å². The van der Waals surface area contributed by atoms with E-state index in [4.69, 9.17) is 0 Å². The molecule has 0 unspecified atom stereocenters. The average Bonchev–Trinajstić information content (AvgIpc) is 2.60. The third-order valence-corrected chi connectivity index (χ3v) is 3.93. The SMILES string of the molecule is Cl.O=C(CCCNC(=O)c1ccc(F)cc1)NCCN1CCNCC1. The van der Waals surface area contributed by atoms with Crippen LogP contribution in [0.15, 0.2) is 24.3 Å². The zero-order chi connectivity index (χ0) is 17.2. The number of halogens is 2. The number of carbonyl (C=O) groups is 2. The highest BCUT2D eigenvalue weighted by Gasteiger charge is 2.09. The molecule has 2 amide bonds. The minimum atomic E-state index is -0.371. The summed E-state index contributed by atoms with van der Waals surface area (Å²) in [4.78, 5) is 25.9. The highest BCUT2D eigenvalue weighted by molar-refractivity contribution is 5.94. The van der Waals surface area contributed by atoms with Crippen LogP contribution in [0.1, 0.15) is 23.2 Å². The monoisotopic (exact) mass is 372 g/mol. The largest absolute Gasteiger partial charge is 0.355 e. The van der Waals surface area contributed by atoms with Gasteiger partial charge in [0.1, 0.15) is 5.82 Å². The zero-order valence-electron chi connectivity index (χ0n) is 14.2. The molecule has 0 spiro atoms. The molecule has 1 heterocycles. The van der Waals surface area contributed by atoms with Crippen molar-refractivity contribution >= 4 is 24.2 Å². The van der Waals surface area contributed by atoms with Crippen LogP contribution in [0.2, 0.25) is 0 Å². The predicted molar refractivity (Wildman–Crippen MR) is 97.5 cm³/mol. The minimum absolute atomic E-state index is 0. The van der Waals surface area contributed by atoms with Gasteiger partial charge >= 0.3 is 0 Å². The maximum atomic E-state index is 12.8. The lowest BCUT2D eigenvalue weighted by molar-refractivity contribution is -0.121. The minimum Gasteiger partial charge on any atom is -0.355 e. The molecule has 1 aromatic carbocycles. The molecule has 0 aliphatic carbocycles. The summed E-state index contributed by atoms with van der Waals surface area (Å²) < 4.78 is 12.8. The van der Waals surface area contributed by atoms with Crippen LogP contribution in [0.3, 0.4) is 0 Å². The summed E-state index contributed by atoms with van der Waals surface area (Å²) >= 11 is 0. The Morgan fingerprint density at radius 2 is 1.76 bits per heavy atom. The van der Waals surface area contributed by atoms with Gasteiger partial charge in [-0.05, 0) is 30.7 Å². The molecule has 1 aliphatic heterocycles. The van der Waals surface area contributed by atoms with E-state index in [1.807, 2.05) is 0 Å². The Morgan fingerprint density at radius 3 is 2.44 bits per heavy atom. The van der Waals surface area contributed by atoms with Crippen LogP contribution in [0.5, 0.6) is 0 Å². The van der Waals surface area contributed by atoms with Crippen LogP contribution >= 0.6 is 12.4 Å². The van der Waals surface area contributed by atoms with E-state index in [9.17, 15) is 14.0 Å². The van der Waals surface area contributed by atoms with Gasteiger partial charge in [0, 0.05) is 57.8 Å². The van der Waals surface area contributed by atoms with E-state index in [1.54, 1.807) is 0 Å². The van der Waals surface area contributed by atoms with E-state index in [0.717, 1.165) is 32.7 Å². The summed E-state index contributed by atoms with van der Waals surface area (Å²) in [5.41, 5.74) is 0.414. The molecule has 140 valence electrons. The van der Waals surface area contributed by atoms with Gasteiger partial charge in [0.15, 0.2) is 0 Å². The number of amides is 2. The van der Waals surface area contributed by atoms with E-state index in [1.165, 1.54) is 24.3 Å². The molecule has 1 aliphatic rings. The number of nitrogens with zero attached hydrogens (tertiary/aromatic N) is 1. The predicted octanol–water partition coefficient (Wildman–Crippen LogP) is 0.779. The van der Waals surface area contributed by atoms with Gasteiger partial charge in [0.05, 0.1) is 0 Å². The molecule has 0 saturated carbocycles. The summed E-state index contributed by atoms with van der Waals surface area (Å²) in [6, 6.07) is 5.38. The maximum absolute atomic E-state index is 12.8. The first-order chi connectivity index (χ1) is 11.6. The number of hydrogen-bond donors (Lipinski definition) is 3. The zero-order valence-corrected chi connectivity index (χ0v) is 15.0. The van der Waals surface area contributed by atoms with Crippen molar-refractivity contribution in [3.05, 3.63) is 35.6 Å². The van der Waals surface area contributed by atoms with Crippen LogP contribution in [-0.2, 0) is 4.79 Å². The van der Waals surface area contributed by atoms with Gasteiger partial charge in [-0.15, -0.1) is 12.4 Å². The van der Waals surface area contributed by atoms with Crippen molar-refractivity contribution in [3.63, 3.8) is 0 Å². The molecule has 1 aromatic rings. The first kappa shape index (κ1) is 21.3. The van der Waals surface area contributed by atoms with E-state index >= 15 is 0 Å². The standard InChI is InChI=1S/C17H25FN4O2.ClH/c18-15-5-3-14(4-6-15)17(24)21-7-1-2-16(23)20-10-13-22-11-8-19-9-12-22;/h3-6,19H,1-2,7-13H2,(H,20,23)(H,21,24);1H. The van der Waals surface area contributed by atoms with Crippen LogP contribution in [-0.4, -0.2) is 62.5 Å². The van der Waals surface area contributed by atoms with Gasteiger partial charge in [-0.3, -0.25) is 14.5 Å². The van der Waals surface area contributed by atoms with Crippen molar-refractivity contribution in [2.75, 3.05) is 45.8 Å². The summed E-state index contributed by atoms with van der Waals surface area (Å²) in [6.45, 7) is 5.98. The lowest BCUT2D eigenvalue weighted by atomic mass is 10.2. The number of rotatable bonds is 8.